The molecule has 0 amide bonds. The zero-order valence-corrected chi connectivity index (χ0v) is 14.1. The lowest BCUT2D eigenvalue weighted by Gasteiger charge is -2.31. The third-order valence-corrected chi connectivity index (χ3v) is 4.74. The zero-order valence-electron chi connectivity index (χ0n) is 11.2. The quantitative estimate of drug-likeness (QED) is 0.602. The van der Waals surface area contributed by atoms with Gasteiger partial charge in [0.05, 0.1) is 43.1 Å². The second-order valence-electron chi connectivity index (χ2n) is 4.59. The fraction of sp³-hybridized carbons (Fsp3) is 0.385. The first-order valence-corrected chi connectivity index (χ1v) is 8.57. The van der Waals surface area contributed by atoms with Gasteiger partial charge in [0.25, 0.3) is 0 Å². The van der Waals surface area contributed by atoms with Crippen LogP contribution in [0.5, 0.6) is 0 Å². The lowest BCUT2D eigenvalue weighted by molar-refractivity contribution is -0.133. The monoisotopic (exact) mass is 419 g/mol. The van der Waals surface area contributed by atoms with E-state index < -0.39 is 5.97 Å². The molecule has 2 heterocycles. The summed E-state index contributed by atoms with van der Waals surface area (Å²) in [6, 6.07) is 6.08. The van der Waals surface area contributed by atoms with E-state index in [4.69, 9.17) is 9.84 Å². The molecule has 0 radical (unpaired) electrons. The van der Waals surface area contributed by atoms with Crippen molar-refractivity contribution in [3.63, 3.8) is 0 Å². The van der Waals surface area contributed by atoms with Crippen molar-refractivity contribution >= 4 is 51.4 Å². The Morgan fingerprint density at radius 3 is 2.90 bits per heavy atom. The number of carboxylic acid groups (broad SMARTS) is 1. The van der Waals surface area contributed by atoms with Crippen LogP contribution in [0.4, 0.5) is 0 Å². The number of rotatable bonds is 4. The summed E-state index contributed by atoms with van der Waals surface area (Å²) in [4.78, 5) is 15.4. The molecule has 0 atom stereocenters. The fourth-order valence-corrected chi connectivity index (χ4v) is 3.49. The minimum absolute atomic E-state index is 0.00472. The second kappa shape index (κ2) is 6.41. The van der Waals surface area contributed by atoms with Crippen molar-refractivity contribution in [1.82, 2.24) is 9.66 Å². The van der Waals surface area contributed by atoms with Gasteiger partial charge in [0.1, 0.15) is 0 Å². The number of benzene rings is 1. The first kappa shape index (κ1) is 14.9. The molecule has 1 saturated heterocycles. The molecule has 21 heavy (non-hydrogen) atoms. The highest BCUT2D eigenvalue weighted by molar-refractivity contribution is 14.1. The van der Waals surface area contributed by atoms with Gasteiger partial charge < -0.3 is 14.9 Å². The first-order valence-electron chi connectivity index (χ1n) is 6.51. The molecular weight excluding hydrogens is 405 g/mol. The standard InChI is InChI=1S/C13H14IN3O3S/c14-9-1-2-11-10(7-9)15-13(21-8-12(18)19)17(11)16-3-5-20-6-4-16/h1-2,7H,3-6,8H2,(H,18,19). The van der Waals surface area contributed by atoms with E-state index >= 15 is 0 Å². The summed E-state index contributed by atoms with van der Waals surface area (Å²) in [6.45, 7) is 2.90. The molecule has 6 nitrogen and oxygen atoms in total. The minimum atomic E-state index is -0.838. The third-order valence-electron chi connectivity index (χ3n) is 3.16. The summed E-state index contributed by atoms with van der Waals surface area (Å²) in [5.41, 5.74) is 1.89. The van der Waals surface area contributed by atoms with E-state index in [9.17, 15) is 4.79 Å². The topological polar surface area (TPSA) is 67.6 Å². The average molecular weight is 419 g/mol. The second-order valence-corrected chi connectivity index (χ2v) is 6.78. The third kappa shape index (κ3) is 3.27. The number of hydrogen-bond acceptors (Lipinski definition) is 5. The van der Waals surface area contributed by atoms with E-state index in [1.807, 2.05) is 22.9 Å². The van der Waals surface area contributed by atoms with Crippen LogP contribution >= 0.6 is 34.4 Å². The Balaban J connectivity index is 2.03. The largest absolute Gasteiger partial charge is 0.481 e. The van der Waals surface area contributed by atoms with Crippen molar-refractivity contribution in [2.24, 2.45) is 0 Å². The van der Waals surface area contributed by atoms with E-state index in [0.717, 1.165) is 32.8 Å². The Hall–Kier alpha value is -1.00. The molecule has 112 valence electrons. The van der Waals surface area contributed by atoms with Gasteiger partial charge in [-0.1, -0.05) is 11.8 Å². The lowest BCUT2D eigenvalue weighted by atomic mass is 10.3. The Kier molecular flexibility index (Phi) is 4.55. The SMILES string of the molecule is O=C(O)CSc1nc2cc(I)ccc2n1N1CCOCC1. The number of hydrogen-bond donors (Lipinski definition) is 1. The Bertz CT molecular complexity index is 670. The van der Waals surface area contributed by atoms with Crippen molar-refractivity contribution in [1.29, 1.82) is 0 Å². The summed E-state index contributed by atoms with van der Waals surface area (Å²) in [5.74, 6) is -0.833. The number of halogens is 1. The molecule has 0 bridgehead atoms. The molecule has 1 aliphatic heterocycles. The van der Waals surface area contributed by atoms with E-state index in [0.29, 0.717) is 13.2 Å². The van der Waals surface area contributed by atoms with Crippen LogP contribution < -0.4 is 5.01 Å². The number of aliphatic carboxylic acids is 1. The summed E-state index contributed by atoms with van der Waals surface area (Å²) in [5, 5.41) is 11.8. The highest BCUT2D eigenvalue weighted by Gasteiger charge is 2.19. The maximum Gasteiger partial charge on any atom is 0.313 e. The van der Waals surface area contributed by atoms with Crippen molar-refractivity contribution in [3.05, 3.63) is 21.8 Å². The number of thioether (sulfide) groups is 1. The van der Waals surface area contributed by atoms with Gasteiger partial charge in [0, 0.05) is 3.57 Å². The smallest absolute Gasteiger partial charge is 0.313 e. The molecule has 2 aromatic rings. The van der Waals surface area contributed by atoms with Crippen LogP contribution in [0.3, 0.4) is 0 Å². The maximum atomic E-state index is 10.8. The van der Waals surface area contributed by atoms with Crippen LogP contribution in [0.1, 0.15) is 0 Å². The van der Waals surface area contributed by atoms with E-state index in [1.165, 1.54) is 11.8 Å². The molecular formula is C13H14IN3O3S. The van der Waals surface area contributed by atoms with Gasteiger partial charge in [-0.2, -0.15) is 0 Å². The van der Waals surface area contributed by atoms with Gasteiger partial charge >= 0.3 is 5.97 Å². The van der Waals surface area contributed by atoms with E-state index in [-0.39, 0.29) is 5.75 Å². The van der Waals surface area contributed by atoms with Gasteiger partial charge in [-0.3, -0.25) is 4.79 Å². The molecule has 1 aromatic heterocycles. The molecule has 0 saturated carbocycles. The number of fused-ring (bicyclic) bond motifs is 1. The molecule has 0 aliphatic carbocycles. The average Bonchev–Trinajstić information content (AvgIpc) is 2.83. The maximum absolute atomic E-state index is 10.8. The van der Waals surface area contributed by atoms with Crippen LogP contribution in [0.25, 0.3) is 11.0 Å². The first-order chi connectivity index (χ1) is 10.1. The normalized spacial score (nSPS) is 15.6. The number of carbonyl (C=O) groups is 1. The van der Waals surface area contributed by atoms with Crippen molar-refractivity contribution in [3.8, 4) is 0 Å². The summed E-state index contributed by atoms with van der Waals surface area (Å²) < 4.78 is 8.53. The van der Waals surface area contributed by atoms with Gasteiger partial charge in [-0.25, -0.2) is 9.66 Å². The molecule has 1 fully saturated rings. The Morgan fingerprint density at radius 2 is 2.19 bits per heavy atom. The lowest BCUT2D eigenvalue weighted by Crippen LogP contribution is -2.44. The summed E-state index contributed by atoms with van der Waals surface area (Å²) >= 11 is 3.50. The number of aromatic nitrogens is 2. The van der Waals surface area contributed by atoms with Crippen molar-refractivity contribution in [2.45, 2.75) is 5.16 Å². The highest BCUT2D eigenvalue weighted by Crippen LogP contribution is 2.26. The number of nitrogens with zero attached hydrogens (tertiary/aromatic N) is 3. The molecule has 8 heteroatoms. The predicted molar refractivity (Wildman–Crippen MR) is 89.6 cm³/mol. The Labute approximate surface area is 139 Å². The minimum Gasteiger partial charge on any atom is -0.481 e. The molecule has 0 unspecified atom stereocenters. The van der Waals surface area contributed by atoms with E-state index in [2.05, 4.69) is 32.6 Å². The predicted octanol–water partition coefficient (Wildman–Crippen LogP) is 1.79. The molecule has 3 rings (SSSR count). The summed E-state index contributed by atoms with van der Waals surface area (Å²) in [7, 11) is 0. The molecule has 1 aromatic carbocycles. The van der Waals surface area contributed by atoms with Crippen LogP contribution in [-0.4, -0.2) is 52.8 Å². The highest BCUT2D eigenvalue weighted by atomic mass is 127. The number of morpholine rings is 1. The van der Waals surface area contributed by atoms with Crippen LogP contribution in [0.15, 0.2) is 23.4 Å². The van der Waals surface area contributed by atoms with Crippen molar-refractivity contribution in [2.75, 3.05) is 37.1 Å². The number of imidazole rings is 1. The Morgan fingerprint density at radius 1 is 1.43 bits per heavy atom. The van der Waals surface area contributed by atoms with Gasteiger partial charge in [-0.05, 0) is 40.8 Å². The van der Waals surface area contributed by atoms with Crippen LogP contribution in [-0.2, 0) is 9.53 Å². The fourth-order valence-electron chi connectivity index (χ4n) is 2.27. The van der Waals surface area contributed by atoms with Crippen molar-refractivity contribution < 1.29 is 14.6 Å². The molecule has 1 N–H and O–H groups in total. The van der Waals surface area contributed by atoms with E-state index in [1.54, 1.807) is 0 Å². The summed E-state index contributed by atoms with van der Waals surface area (Å²) in [6.07, 6.45) is 0. The number of carboxylic acids is 1. The molecule has 0 spiro atoms. The van der Waals surface area contributed by atoms with Crippen LogP contribution in [0.2, 0.25) is 0 Å². The van der Waals surface area contributed by atoms with Gasteiger partial charge in [0.15, 0.2) is 5.16 Å². The van der Waals surface area contributed by atoms with Gasteiger partial charge in [0.2, 0.25) is 0 Å². The van der Waals surface area contributed by atoms with Gasteiger partial charge in [-0.15, -0.1) is 0 Å². The molecule has 1 aliphatic rings. The van der Waals surface area contributed by atoms with Crippen LogP contribution in [0, 0.1) is 3.57 Å². The zero-order chi connectivity index (χ0) is 14.8. The number of ether oxygens (including phenoxy) is 1.